The van der Waals surface area contributed by atoms with Crippen molar-refractivity contribution in [3.8, 4) is 5.75 Å². The molecule has 0 aliphatic heterocycles. The van der Waals surface area contributed by atoms with E-state index in [-0.39, 0.29) is 24.2 Å². The number of Topliss-reactive ketones (excluding diaryl/α,β-unsaturated/α-hetero) is 1. The van der Waals surface area contributed by atoms with Gasteiger partial charge in [0, 0.05) is 30.5 Å². The number of nitrogens with one attached hydrogen (secondary N) is 2. The molecule has 4 rings (SSSR count). The number of carbonyl (C=O) groups is 3. The molecule has 0 radical (unpaired) electrons. The van der Waals surface area contributed by atoms with Crippen LogP contribution in [-0.4, -0.2) is 43.9 Å². The van der Waals surface area contributed by atoms with Gasteiger partial charge in [-0.15, -0.1) is 0 Å². The van der Waals surface area contributed by atoms with Crippen LogP contribution in [0.1, 0.15) is 73.0 Å². The fraction of sp³-hybridized carbons (Fsp3) is 0.341. The first-order valence-electron chi connectivity index (χ1n) is 17.2. The second-order valence-corrected chi connectivity index (χ2v) is 12.4. The number of amides is 2. The molecule has 0 bridgehead atoms. The molecule has 4 aromatic rings. The molecule has 8 nitrogen and oxygen atoms in total. The van der Waals surface area contributed by atoms with Crippen LogP contribution in [0.2, 0.25) is 0 Å². The van der Waals surface area contributed by atoms with Crippen molar-refractivity contribution < 1.29 is 23.9 Å². The first-order valence-corrected chi connectivity index (χ1v) is 17.2. The van der Waals surface area contributed by atoms with Crippen molar-refractivity contribution in [3.63, 3.8) is 0 Å². The Morgan fingerprint density at radius 3 is 2.10 bits per heavy atom. The number of anilines is 2. The van der Waals surface area contributed by atoms with E-state index in [1.165, 1.54) is 38.2 Å². The molecule has 0 saturated heterocycles. The van der Waals surface area contributed by atoms with Crippen LogP contribution in [0, 0.1) is 0 Å². The van der Waals surface area contributed by atoms with Gasteiger partial charge in [0.1, 0.15) is 12.4 Å². The number of unbranched alkanes of at least 4 members (excludes halogenated alkanes) is 4. The lowest BCUT2D eigenvalue weighted by atomic mass is 10.0. The number of ether oxygens (including phenoxy) is 2. The van der Waals surface area contributed by atoms with Crippen LogP contribution in [0.5, 0.6) is 5.75 Å². The molecule has 4 aromatic carbocycles. The first-order chi connectivity index (χ1) is 23.8. The van der Waals surface area contributed by atoms with Crippen molar-refractivity contribution in [1.82, 2.24) is 5.32 Å². The largest absolute Gasteiger partial charge is 0.494 e. The number of hydrogen-bond acceptors (Lipinski definition) is 6. The van der Waals surface area contributed by atoms with Gasteiger partial charge in [-0.25, -0.2) is 0 Å². The SMILES string of the molecule is CCCCCCCOc1ccc(CN(C)c2ccc(C[C@H](NC(=O)c3ccc(NC(=O)COCc4ccccc4)cc3)C(C)=O)cc2)cc1. The van der Waals surface area contributed by atoms with Gasteiger partial charge in [0.25, 0.3) is 5.91 Å². The normalized spacial score (nSPS) is 11.4. The standard InChI is InChI=1S/C41H49N3O5/c1-4-5-6-7-11-26-49-38-24-16-33(17-25-38)28-44(3)37-22-14-32(15-23-37)27-39(31(2)45)43-41(47)35-18-20-36(21-19-35)42-40(46)30-48-29-34-12-9-8-10-13-34/h8-10,12-25,39H,4-7,11,26-30H2,1-3H3,(H,42,46)(H,43,47)/t39-/m0/s1. The van der Waals surface area contributed by atoms with Gasteiger partial charge in [0.05, 0.1) is 19.3 Å². The number of carbonyl (C=O) groups excluding carboxylic acids is 3. The Labute approximate surface area is 290 Å². The van der Waals surface area contributed by atoms with Crippen molar-refractivity contribution in [3.05, 3.63) is 125 Å². The Morgan fingerprint density at radius 2 is 1.43 bits per heavy atom. The van der Waals surface area contributed by atoms with E-state index in [2.05, 4.69) is 34.6 Å². The number of rotatable bonds is 20. The van der Waals surface area contributed by atoms with Gasteiger partial charge in [0.2, 0.25) is 5.91 Å². The average molecular weight is 664 g/mol. The Balaban J connectivity index is 1.21. The summed E-state index contributed by atoms with van der Waals surface area (Å²) >= 11 is 0. The lowest BCUT2D eigenvalue weighted by Crippen LogP contribution is -2.41. The highest BCUT2D eigenvalue weighted by atomic mass is 16.5. The molecule has 0 fully saturated rings. The molecule has 258 valence electrons. The van der Waals surface area contributed by atoms with Crippen molar-refractivity contribution in [1.29, 1.82) is 0 Å². The van der Waals surface area contributed by atoms with Crippen LogP contribution in [0.15, 0.2) is 103 Å². The Hall–Kier alpha value is -4.95. The van der Waals surface area contributed by atoms with Crippen molar-refractivity contribution in [2.75, 3.05) is 30.5 Å². The molecular formula is C41H49N3O5. The third-order valence-corrected chi connectivity index (χ3v) is 8.25. The van der Waals surface area contributed by atoms with Crippen LogP contribution in [0.25, 0.3) is 0 Å². The molecule has 0 heterocycles. The van der Waals surface area contributed by atoms with Gasteiger partial charge in [-0.05, 0) is 85.0 Å². The van der Waals surface area contributed by atoms with Gasteiger partial charge >= 0.3 is 0 Å². The summed E-state index contributed by atoms with van der Waals surface area (Å²) in [5.74, 6) is 0.131. The highest BCUT2D eigenvalue weighted by molar-refractivity contribution is 5.98. The molecule has 0 unspecified atom stereocenters. The molecule has 0 aliphatic carbocycles. The highest BCUT2D eigenvalue weighted by Crippen LogP contribution is 2.20. The molecule has 2 N–H and O–H groups in total. The van der Waals surface area contributed by atoms with E-state index in [4.69, 9.17) is 9.47 Å². The monoisotopic (exact) mass is 663 g/mol. The van der Waals surface area contributed by atoms with E-state index in [0.717, 1.165) is 42.1 Å². The van der Waals surface area contributed by atoms with Crippen LogP contribution >= 0.6 is 0 Å². The van der Waals surface area contributed by atoms with Crippen molar-refractivity contribution in [2.24, 2.45) is 0 Å². The predicted octanol–water partition coefficient (Wildman–Crippen LogP) is 7.76. The zero-order valence-corrected chi connectivity index (χ0v) is 29.0. The molecule has 0 aliphatic rings. The Bertz CT molecular complexity index is 1590. The zero-order valence-electron chi connectivity index (χ0n) is 29.0. The van der Waals surface area contributed by atoms with E-state index >= 15 is 0 Å². The number of benzene rings is 4. The summed E-state index contributed by atoms with van der Waals surface area (Å²) in [6.45, 7) is 5.46. The van der Waals surface area contributed by atoms with Crippen LogP contribution < -0.4 is 20.3 Å². The Kier molecular flexibility index (Phi) is 14.9. The second kappa shape index (κ2) is 19.8. The number of ketones is 1. The van der Waals surface area contributed by atoms with E-state index in [1.807, 2.05) is 73.8 Å². The topological polar surface area (TPSA) is 97.0 Å². The minimum Gasteiger partial charge on any atom is -0.494 e. The van der Waals surface area contributed by atoms with E-state index in [1.54, 1.807) is 24.3 Å². The van der Waals surface area contributed by atoms with Gasteiger partial charge in [-0.3, -0.25) is 14.4 Å². The predicted molar refractivity (Wildman–Crippen MR) is 196 cm³/mol. The summed E-state index contributed by atoms with van der Waals surface area (Å²) in [6, 6.07) is 31.8. The maximum Gasteiger partial charge on any atom is 0.251 e. The lowest BCUT2D eigenvalue weighted by molar-refractivity contribution is -0.121. The molecule has 0 spiro atoms. The van der Waals surface area contributed by atoms with Crippen LogP contribution in [0.3, 0.4) is 0 Å². The van der Waals surface area contributed by atoms with Gasteiger partial charge in [-0.2, -0.15) is 0 Å². The molecule has 8 heteroatoms. The van der Waals surface area contributed by atoms with Crippen molar-refractivity contribution in [2.45, 2.75) is 71.6 Å². The summed E-state index contributed by atoms with van der Waals surface area (Å²) in [5, 5.41) is 5.64. The third-order valence-electron chi connectivity index (χ3n) is 8.25. The first kappa shape index (κ1) is 36.9. The number of nitrogens with zero attached hydrogens (tertiary/aromatic N) is 1. The molecular weight excluding hydrogens is 614 g/mol. The minimum atomic E-state index is -0.672. The van der Waals surface area contributed by atoms with E-state index in [0.29, 0.717) is 24.3 Å². The smallest absolute Gasteiger partial charge is 0.251 e. The summed E-state index contributed by atoms with van der Waals surface area (Å²) in [7, 11) is 2.05. The quantitative estimate of drug-likeness (QED) is 0.0939. The summed E-state index contributed by atoms with van der Waals surface area (Å²) < 4.78 is 11.4. The van der Waals surface area contributed by atoms with E-state index in [9.17, 15) is 14.4 Å². The Morgan fingerprint density at radius 1 is 0.755 bits per heavy atom. The molecule has 49 heavy (non-hydrogen) atoms. The maximum absolute atomic E-state index is 13.0. The minimum absolute atomic E-state index is 0.0856. The lowest BCUT2D eigenvalue weighted by Gasteiger charge is -2.21. The zero-order chi connectivity index (χ0) is 34.8. The maximum atomic E-state index is 13.0. The molecule has 0 aromatic heterocycles. The van der Waals surface area contributed by atoms with Crippen LogP contribution in [-0.2, 0) is 33.9 Å². The molecule has 0 saturated carbocycles. The highest BCUT2D eigenvalue weighted by Gasteiger charge is 2.19. The fourth-order valence-electron chi connectivity index (χ4n) is 5.35. The second-order valence-electron chi connectivity index (χ2n) is 12.4. The molecule has 2 amide bonds. The van der Waals surface area contributed by atoms with E-state index < -0.39 is 6.04 Å². The number of hydrogen-bond donors (Lipinski definition) is 2. The fourth-order valence-corrected chi connectivity index (χ4v) is 5.35. The summed E-state index contributed by atoms with van der Waals surface area (Å²) in [4.78, 5) is 39.9. The van der Waals surface area contributed by atoms with Gasteiger partial charge in [-0.1, -0.05) is 87.2 Å². The van der Waals surface area contributed by atoms with Crippen molar-refractivity contribution >= 4 is 29.0 Å². The van der Waals surface area contributed by atoms with Gasteiger partial charge < -0.3 is 25.0 Å². The average Bonchev–Trinajstić information content (AvgIpc) is 3.11. The van der Waals surface area contributed by atoms with Gasteiger partial charge in [0.15, 0.2) is 5.78 Å². The van der Waals surface area contributed by atoms with Crippen LogP contribution in [0.4, 0.5) is 11.4 Å². The molecule has 1 atom stereocenters. The summed E-state index contributed by atoms with van der Waals surface area (Å²) in [6.07, 6.45) is 6.48. The summed E-state index contributed by atoms with van der Waals surface area (Å²) in [5.41, 5.74) is 5.11. The third kappa shape index (κ3) is 12.9.